The van der Waals surface area contributed by atoms with Crippen LogP contribution in [0.4, 0.5) is 8.78 Å². The first-order chi connectivity index (χ1) is 13.6. The third-order valence-electron chi connectivity index (χ3n) is 6.17. The molecule has 0 spiro atoms. The first-order valence-corrected chi connectivity index (χ1v) is 10.8. The highest BCUT2D eigenvalue weighted by Crippen LogP contribution is 2.36. The summed E-state index contributed by atoms with van der Waals surface area (Å²) in [6.45, 7) is 6.79. The third-order valence-corrected chi connectivity index (χ3v) is 6.17. The van der Waals surface area contributed by atoms with E-state index in [-0.39, 0.29) is 49.0 Å². The van der Waals surface area contributed by atoms with Gasteiger partial charge in [0.2, 0.25) is 17.7 Å². The number of halogens is 2. The van der Waals surface area contributed by atoms with E-state index in [1.165, 1.54) is 0 Å². The number of carbonyl (C=O) groups is 2. The number of alkyl halides is 2. The highest BCUT2D eigenvalue weighted by atomic mass is 19.3. The lowest BCUT2D eigenvalue weighted by molar-refractivity contribution is -0.143. The molecule has 0 aromatic heterocycles. The Bertz CT molecular complexity index is 541. The summed E-state index contributed by atoms with van der Waals surface area (Å²) < 4.78 is 32.6. The van der Waals surface area contributed by atoms with E-state index in [1.807, 2.05) is 0 Å². The van der Waals surface area contributed by atoms with E-state index in [0.29, 0.717) is 32.5 Å². The predicted octanol–water partition coefficient (Wildman–Crippen LogP) is 2.59. The monoisotopic (exact) mass is 418 g/mol. The number of nitrogens with zero attached hydrogens (tertiary/aromatic N) is 1. The Morgan fingerprint density at radius 2 is 1.69 bits per heavy atom. The van der Waals surface area contributed by atoms with E-state index < -0.39 is 18.1 Å². The molecule has 168 valence electrons. The van der Waals surface area contributed by atoms with Gasteiger partial charge in [-0.15, -0.1) is 0 Å². The van der Waals surface area contributed by atoms with Crippen molar-refractivity contribution in [3.63, 3.8) is 0 Å². The molecule has 0 radical (unpaired) electrons. The second kappa shape index (κ2) is 10.7. The molecule has 29 heavy (non-hydrogen) atoms. The Morgan fingerprint density at radius 1 is 1.10 bits per heavy atom. The number of likely N-dealkylation sites (tertiary alicyclic amines) is 1. The van der Waals surface area contributed by atoms with E-state index in [9.17, 15) is 23.5 Å². The van der Waals surface area contributed by atoms with E-state index in [4.69, 9.17) is 4.74 Å². The lowest BCUT2D eigenvalue weighted by Gasteiger charge is -2.36. The molecule has 2 N–H and O–H groups in total. The molecule has 1 aliphatic carbocycles. The number of ether oxygens (including phenoxy) is 1. The smallest absolute Gasteiger partial charge is 0.248 e. The van der Waals surface area contributed by atoms with Crippen molar-refractivity contribution in [2.75, 3.05) is 26.3 Å². The molecule has 0 bridgehead atoms. The van der Waals surface area contributed by atoms with Crippen molar-refractivity contribution in [2.45, 2.75) is 77.4 Å². The van der Waals surface area contributed by atoms with Gasteiger partial charge < -0.3 is 20.1 Å². The zero-order valence-electron chi connectivity index (χ0n) is 17.8. The molecular formula is C21H36F2N2O4. The maximum absolute atomic E-state index is 13.3. The summed E-state index contributed by atoms with van der Waals surface area (Å²) in [7, 11) is 0. The van der Waals surface area contributed by atoms with Crippen molar-refractivity contribution in [1.29, 1.82) is 0 Å². The van der Waals surface area contributed by atoms with Crippen molar-refractivity contribution >= 4 is 11.8 Å². The van der Waals surface area contributed by atoms with Gasteiger partial charge in [-0.25, -0.2) is 8.78 Å². The number of hydrogen-bond acceptors (Lipinski definition) is 4. The lowest BCUT2D eigenvalue weighted by atomic mass is 9.87. The van der Waals surface area contributed by atoms with Crippen molar-refractivity contribution < 1.29 is 28.2 Å². The minimum Gasteiger partial charge on any atom is -0.396 e. The van der Waals surface area contributed by atoms with Gasteiger partial charge in [0.25, 0.3) is 0 Å². The largest absolute Gasteiger partial charge is 0.396 e. The average Bonchev–Trinajstić information content (AvgIpc) is 2.70. The van der Waals surface area contributed by atoms with Gasteiger partial charge >= 0.3 is 0 Å². The molecule has 2 atom stereocenters. The molecule has 2 aliphatic rings. The molecule has 2 fully saturated rings. The number of nitrogens with one attached hydrogen (secondary N) is 1. The predicted molar refractivity (Wildman–Crippen MR) is 105 cm³/mol. The number of rotatable bonds is 8. The molecule has 1 saturated carbocycles. The summed E-state index contributed by atoms with van der Waals surface area (Å²) >= 11 is 0. The molecule has 8 heteroatoms. The van der Waals surface area contributed by atoms with Gasteiger partial charge in [-0.2, -0.15) is 0 Å². The van der Waals surface area contributed by atoms with E-state index in [1.54, 1.807) is 25.7 Å². The molecule has 2 rings (SSSR count). The van der Waals surface area contributed by atoms with Crippen LogP contribution in [0.15, 0.2) is 0 Å². The SMILES string of the molecule is CC(C)C(=O)NC(C(=O)N1CCC(CO)CC1)C(C)OCC1CCC(F)(F)CC1. The Labute approximate surface area is 172 Å². The fourth-order valence-electron chi connectivity index (χ4n) is 3.88. The Morgan fingerprint density at radius 3 is 2.21 bits per heavy atom. The number of carbonyl (C=O) groups excluding carboxylic acids is 2. The fraction of sp³-hybridized carbons (Fsp3) is 0.905. The molecular weight excluding hydrogens is 382 g/mol. The summed E-state index contributed by atoms with van der Waals surface area (Å²) in [6, 6.07) is -0.805. The normalized spacial score (nSPS) is 23.1. The fourth-order valence-corrected chi connectivity index (χ4v) is 3.88. The topological polar surface area (TPSA) is 78.9 Å². The molecule has 0 aromatic rings. The van der Waals surface area contributed by atoms with Gasteiger partial charge in [-0.3, -0.25) is 9.59 Å². The van der Waals surface area contributed by atoms with Crippen LogP contribution in [0.3, 0.4) is 0 Å². The molecule has 6 nitrogen and oxygen atoms in total. The highest BCUT2D eigenvalue weighted by molar-refractivity contribution is 5.88. The number of aliphatic hydroxyl groups excluding tert-OH is 1. The first-order valence-electron chi connectivity index (χ1n) is 10.8. The summed E-state index contributed by atoms with van der Waals surface area (Å²) in [5.74, 6) is -2.99. The van der Waals surface area contributed by atoms with Gasteiger partial charge in [0.15, 0.2) is 0 Å². The second-order valence-electron chi connectivity index (χ2n) is 8.93. The Hall–Kier alpha value is -1.28. The van der Waals surface area contributed by atoms with Crippen LogP contribution < -0.4 is 5.32 Å². The number of aliphatic hydroxyl groups is 1. The first kappa shape index (κ1) is 24.0. The molecule has 2 unspecified atom stereocenters. The second-order valence-corrected chi connectivity index (χ2v) is 8.93. The van der Waals surface area contributed by atoms with Crippen LogP contribution in [0, 0.1) is 17.8 Å². The van der Waals surface area contributed by atoms with Gasteiger partial charge in [0.1, 0.15) is 6.04 Å². The van der Waals surface area contributed by atoms with Crippen LogP contribution in [0.1, 0.15) is 59.3 Å². The molecule has 1 heterocycles. The molecule has 1 saturated heterocycles. The quantitative estimate of drug-likeness (QED) is 0.635. The van der Waals surface area contributed by atoms with Crippen molar-refractivity contribution in [3.05, 3.63) is 0 Å². The summed E-state index contributed by atoms with van der Waals surface area (Å²) in [6.07, 6.45) is 1.49. The lowest BCUT2D eigenvalue weighted by Crippen LogP contribution is -2.56. The number of amides is 2. The summed E-state index contributed by atoms with van der Waals surface area (Å²) in [4.78, 5) is 27.1. The minimum absolute atomic E-state index is 0.0499. The van der Waals surface area contributed by atoms with Gasteiger partial charge in [-0.05, 0) is 44.4 Å². The van der Waals surface area contributed by atoms with Crippen molar-refractivity contribution in [3.8, 4) is 0 Å². The van der Waals surface area contributed by atoms with Gasteiger partial charge in [0, 0.05) is 45.1 Å². The van der Waals surface area contributed by atoms with Gasteiger partial charge in [0.05, 0.1) is 6.10 Å². The third kappa shape index (κ3) is 7.17. The zero-order chi connectivity index (χ0) is 21.6. The Kier molecular flexibility index (Phi) is 8.82. The number of piperidine rings is 1. The van der Waals surface area contributed by atoms with Crippen LogP contribution in [0.2, 0.25) is 0 Å². The Balaban J connectivity index is 1.95. The van der Waals surface area contributed by atoms with Crippen molar-refractivity contribution in [1.82, 2.24) is 10.2 Å². The minimum atomic E-state index is -2.58. The average molecular weight is 419 g/mol. The molecule has 1 aliphatic heterocycles. The van der Waals surface area contributed by atoms with E-state index >= 15 is 0 Å². The van der Waals surface area contributed by atoms with Crippen LogP contribution in [-0.4, -0.2) is 66.2 Å². The van der Waals surface area contributed by atoms with Crippen LogP contribution >= 0.6 is 0 Å². The molecule has 2 amide bonds. The standard InChI is InChI=1S/C21H36F2N2O4/c1-14(2)19(27)24-18(20(28)25-10-6-16(12-26)7-11-25)15(3)29-13-17-4-8-21(22,23)9-5-17/h14-18,26H,4-13H2,1-3H3,(H,24,27). The van der Waals surface area contributed by atoms with Crippen LogP contribution in [0.5, 0.6) is 0 Å². The maximum atomic E-state index is 13.3. The summed E-state index contributed by atoms with van der Waals surface area (Å²) in [5, 5.41) is 12.1. The van der Waals surface area contributed by atoms with E-state index in [0.717, 1.165) is 12.8 Å². The highest BCUT2D eigenvalue weighted by Gasteiger charge is 2.37. The van der Waals surface area contributed by atoms with E-state index in [2.05, 4.69) is 5.32 Å². The van der Waals surface area contributed by atoms with Crippen molar-refractivity contribution in [2.24, 2.45) is 17.8 Å². The molecule has 0 aromatic carbocycles. The maximum Gasteiger partial charge on any atom is 0.248 e. The van der Waals surface area contributed by atoms with Crippen LogP contribution in [-0.2, 0) is 14.3 Å². The van der Waals surface area contributed by atoms with Crippen LogP contribution in [0.25, 0.3) is 0 Å². The summed E-state index contributed by atoms with van der Waals surface area (Å²) in [5.41, 5.74) is 0. The zero-order valence-corrected chi connectivity index (χ0v) is 17.8. The number of hydrogen-bond donors (Lipinski definition) is 2. The van der Waals surface area contributed by atoms with Gasteiger partial charge in [-0.1, -0.05) is 13.8 Å².